The third kappa shape index (κ3) is 2.37. The predicted molar refractivity (Wildman–Crippen MR) is 87.7 cm³/mol. The number of thioether (sulfide) groups is 2. The van der Waals surface area contributed by atoms with Crippen LogP contribution in [0.5, 0.6) is 0 Å². The molecule has 0 saturated heterocycles. The first-order chi connectivity index (χ1) is 9.88. The second kappa shape index (κ2) is 5.24. The van der Waals surface area contributed by atoms with Crippen molar-refractivity contribution >= 4 is 23.5 Å². The highest BCUT2D eigenvalue weighted by Crippen LogP contribution is 2.32. The average molecular weight is 294 g/mol. The van der Waals surface area contributed by atoms with Gasteiger partial charge in [0.1, 0.15) is 0 Å². The summed E-state index contributed by atoms with van der Waals surface area (Å²) >= 11 is 3.91. The standard InChI is InChI=1S/C18H14S2/c1(13-3-5-17-15(11-13)7-9-19-17)2-14-4-6-18-16(12-14)8-10-20-18/h3-6,11-12H,7-10H2. The highest BCUT2D eigenvalue weighted by molar-refractivity contribution is 7.99. The van der Waals surface area contributed by atoms with Gasteiger partial charge in [0.25, 0.3) is 0 Å². The van der Waals surface area contributed by atoms with Gasteiger partial charge in [-0.25, -0.2) is 0 Å². The molecule has 0 aliphatic carbocycles. The van der Waals surface area contributed by atoms with E-state index in [9.17, 15) is 0 Å². The average Bonchev–Trinajstić information content (AvgIpc) is 3.12. The Morgan fingerprint density at radius 1 is 0.700 bits per heavy atom. The summed E-state index contributed by atoms with van der Waals surface area (Å²) in [6.07, 6.45) is 2.37. The van der Waals surface area contributed by atoms with E-state index in [2.05, 4.69) is 48.2 Å². The number of hydrogen-bond donors (Lipinski definition) is 0. The van der Waals surface area contributed by atoms with Crippen LogP contribution in [0.1, 0.15) is 22.3 Å². The monoisotopic (exact) mass is 294 g/mol. The Morgan fingerprint density at radius 2 is 1.20 bits per heavy atom. The molecule has 0 atom stereocenters. The number of benzene rings is 2. The minimum Gasteiger partial charge on any atom is -0.126 e. The van der Waals surface area contributed by atoms with E-state index >= 15 is 0 Å². The fourth-order valence-corrected chi connectivity index (χ4v) is 4.78. The van der Waals surface area contributed by atoms with Gasteiger partial charge in [-0.15, -0.1) is 23.5 Å². The molecule has 2 aromatic rings. The van der Waals surface area contributed by atoms with Gasteiger partial charge in [-0.3, -0.25) is 0 Å². The smallest absolute Gasteiger partial charge is 0.0252 e. The summed E-state index contributed by atoms with van der Waals surface area (Å²) in [5.74, 6) is 9.07. The van der Waals surface area contributed by atoms with Gasteiger partial charge >= 0.3 is 0 Å². The zero-order valence-corrected chi connectivity index (χ0v) is 12.7. The summed E-state index contributed by atoms with van der Waals surface area (Å²) in [7, 11) is 0. The molecule has 4 rings (SSSR count). The molecule has 98 valence electrons. The van der Waals surface area contributed by atoms with Gasteiger partial charge in [-0.1, -0.05) is 11.8 Å². The Kier molecular flexibility index (Phi) is 3.26. The van der Waals surface area contributed by atoms with E-state index in [1.54, 1.807) is 0 Å². The topological polar surface area (TPSA) is 0 Å². The van der Waals surface area contributed by atoms with E-state index in [1.165, 1.54) is 45.3 Å². The van der Waals surface area contributed by atoms with Crippen LogP contribution in [0.25, 0.3) is 0 Å². The van der Waals surface area contributed by atoms with Crippen molar-refractivity contribution in [2.45, 2.75) is 22.6 Å². The second-order valence-corrected chi connectivity index (χ2v) is 7.37. The molecule has 0 N–H and O–H groups in total. The number of hydrogen-bond acceptors (Lipinski definition) is 2. The Balaban J connectivity index is 1.63. The van der Waals surface area contributed by atoms with Gasteiger partial charge < -0.3 is 0 Å². The fraction of sp³-hybridized carbons (Fsp3) is 0.222. The highest BCUT2D eigenvalue weighted by atomic mass is 32.2. The summed E-state index contributed by atoms with van der Waals surface area (Å²) in [6.45, 7) is 0. The van der Waals surface area contributed by atoms with Crippen molar-refractivity contribution in [3.8, 4) is 11.8 Å². The molecule has 0 nitrogen and oxygen atoms in total. The van der Waals surface area contributed by atoms with Gasteiger partial charge in [0, 0.05) is 32.4 Å². The molecule has 0 aromatic heterocycles. The van der Waals surface area contributed by atoms with Crippen molar-refractivity contribution < 1.29 is 0 Å². The van der Waals surface area contributed by atoms with Crippen molar-refractivity contribution in [1.29, 1.82) is 0 Å². The maximum atomic E-state index is 3.32. The van der Waals surface area contributed by atoms with Crippen LogP contribution in [0, 0.1) is 11.8 Å². The van der Waals surface area contributed by atoms with E-state index in [0.29, 0.717) is 0 Å². The van der Waals surface area contributed by atoms with E-state index in [4.69, 9.17) is 0 Å². The quantitative estimate of drug-likeness (QED) is 0.661. The summed E-state index contributed by atoms with van der Waals surface area (Å²) in [5.41, 5.74) is 5.21. The van der Waals surface area contributed by atoms with Crippen molar-refractivity contribution in [2.75, 3.05) is 11.5 Å². The molecule has 0 saturated carbocycles. The third-order valence-electron chi connectivity index (χ3n) is 3.73. The Morgan fingerprint density at radius 3 is 1.70 bits per heavy atom. The first-order valence-corrected chi connectivity index (χ1v) is 8.89. The molecule has 2 heteroatoms. The molecule has 0 fully saturated rings. The molecule has 0 bridgehead atoms. The van der Waals surface area contributed by atoms with Crippen molar-refractivity contribution in [1.82, 2.24) is 0 Å². The number of fused-ring (bicyclic) bond motifs is 2. The van der Waals surface area contributed by atoms with Crippen LogP contribution < -0.4 is 0 Å². The SMILES string of the molecule is C(#Cc1ccc2c(c1)CCS2)c1ccc2c(c1)CCS2. The molecule has 0 amide bonds. The van der Waals surface area contributed by atoms with Crippen LogP contribution in [0.4, 0.5) is 0 Å². The van der Waals surface area contributed by atoms with Gasteiger partial charge in [0.15, 0.2) is 0 Å². The molecule has 2 aliphatic heterocycles. The Bertz CT molecular complexity index is 673. The highest BCUT2D eigenvalue weighted by Gasteiger charge is 2.11. The van der Waals surface area contributed by atoms with Gasteiger partial charge in [0.05, 0.1) is 0 Å². The summed E-state index contributed by atoms with van der Waals surface area (Å²) in [4.78, 5) is 2.87. The molecular weight excluding hydrogens is 280 g/mol. The van der Waals surface area contributed by atoms with Crippen LogP contribution in [0.2, 0.25) is 0 Å². The molecule has 0 unspecified atom stereocenters. The summed E-state index contributed by atoms with van der Waals surface area (Å²) < 4.78 is 0. The minimum atomic E-state index is 1.14. The molecule has 2 aliphatic rings. The van der Waals surface area contributed by atoms with Crippen LogP contribution in [-0.2, 0) is 12.8 Å². The maximum Gasteiger partial charge on any atom is 0.0252 e. The van der Waals surface area contributed by atoms with E-state index in [1.807, 2.05) is 23.5 Å². The van der Waals surface area contributed by atoms with Crippen LogP contribution >= 0.6 is 23.5 Å². The maximum absolute atomic E-state index is 3.32. The minimum absolute atomic E-state index is 1.14. The molecular formula is C18H14S2. The summed E-state index contributed by atoms with van der Waals surface area (Å²) in [5, 5.41) is 0. The normalized spacial score (nSPS) is 15.4. The number of rotatable bonds is 0. The Hall–Kier alpha value is -1.30. The molecule has 20 heavy (non-hydrogen) atoms. The lowest BCUT2D eigenvalue weighted by atomic mass is 10.1. The second-order valence-electron chi connectivity index (χ2n) is 5.09. The third-order valence-corrected chi connectivity index (χ3v) is 5.97. The fourth-order valence-electron chi connectivity index (χ4n) is 2.67. The first kappa shape index (κ1) is 12.4. The van der Waals surface area contributed by atoms with Crippen LogP contribution in [0.15, 0.2) is 46.2 Å². The molecule has 0 spiro atoms. The predicted octanol–water partition coefficient (Wildman–Crippen LogP) is 4.38. The van der Waals surface area contributed by atoms with E-state index in [0.717, 1.165) is 11.1 Å². The largest absolute Gasteiger partial charge is 0.126 e. The molecule has 0 radical (unpaired) electrons. The van der Waals surface area contributed by atoms with Crippen LogP contribution in [-0.4, -0.2) is 11.5 Å². The lowest BCUT2D eigenvalue weighted by molar-refractivity contribution is 1.14. The zero-order valence-electron chi connectivity index (χ0n) is 11.1. The van der Waals surface area contributed by atoms with Gasteiger partial charge in [-0.2, -0.15) is 0 Å². The van der Waals surface area contributed by atoms with E-state index in [-0.39, 0.29) is 0 Å². The lowest BCUT2D eigenvalue weighted by Gasteiger charge is -1.99. The van der Waals surface area contributed by atoms with Gasteiger partial charge in [-0.05, 0) is 60.4 Å². The van der Waals surface area contributed by atoms with Gasteiger partial charge in [0.2, 0.25) is 0 Å². The Labute approximate surface area is 128 Å². The summed E-state index contributed by atoms with van der Waals surface area (Å²) in [6, 6.07) is 13.2. The van der Waals surface area contributed by atoms with Crippen LogP contribution in [0.3, 0.4) is 0 Å². The zero-order chi connectivity index (χ0) is 13.4. The molecule has 2 aromatic carbocycles. The van der Waals surface area contributed by atoms with E-state index < -0.39 is 0 Å². The van der Waals surface area contributed by atoms with Crippen molar-refractivity contribution in [3.63, 3.8) is 0 Å². The van der Waals surface area contributed by atoms with Crippen molar-refractivity contribution in [2.24, 2.45) is 0 Å². The molecule has 2 heterocycles. The first-order valence-electron chi connectivity index (χ1n) is 6.92. The number of aryl methyl sites for hydroxylation is 2. The lowest BCUT2D eigenvalue weighted by Crippen LogP contribution is -1.84. The van der Waals surface area contributed by atoms with Crippen molar-refractivity contribution in [3.05, 3.63) is 58.7 Å².